The van der Waals surface area contributed by atoms with E-state index in [-0.39, 0.29) is 18.2 Å². The maximum Gasteiger partial charge on any atom is 0.254 e. The van der Waals surface area contributed by atoms with Crippen LogP contribution in [0, 0.1) is 23.6 Å². The van der Waals surface area contributed by atoms with Crippen LogP contribution in [-0.4, -0.2) is 23.7 Å². The number of nitrogens with one attached hydrogen (secondary N) is 1. The molecular weight excluding hydrogens is 257 g/mol. The zero-order chi connectivity index (χ0) is 14.5. The first-order valence-corrected chi connectivity index (χ1v) is 6.85. The number of carbonyl (C=O) groups excluding carboxylic acids is 1. The molecule has 0 heterocycles. The molecule has 1 aromatic carbocycles. The van der Waals surface area contributed by atoms with Crippen LogP contribution in [0.2, 0.25) is 0 Å². The number of halogens is 1. The molecule has 2 rings (SSSR count). The average Bonchev–Trinajstić information content (AvgIpc) is 3.16. The van der Waals surface area contributed by atoms with E-state index in [1.807, 2.05) is 0 Å². The fourth-order valence-electron chi connectivity index (χ4n) is 2.28. The van der Waals surface area contributed by atoms with Gasteiger partial charge in [-0.3, -0.25) is 4.79 Å². The molecule has 0 radical (unpaired) electrons. The van der Waals surface area contributed by atoms with E-state index >= 15 is 0 Å². The van der Waals surface area contributed by atoms with Crippen molar-refractivity contribution in [3.05, 3.63) is 35.1 Å². The van der Waals surface area contributed by atoms with Crippen LogP contribution in [0.3, 0.4) is 0 Å². The molecule has 1 amide bonds. The zero-order valence-corrected chi connectivity index (χ0v) is 11.4. The van der Waals surface area contributed by atoms with Crippen molar-refractivity contribution in [3.63, 3.8) is 0 Å². The first-order chi connectivity index (χ1) is 9.65. The highest BCUT2D eigenvalue weighted by atomic mass is 19.1. The fourth-order valence-corrected chi connectivity index (χ4v) is 2.28. The molecule has 3 nitrogen and oxygen atoms in total. The lowest BCUT2D eigenvalue weighted by molar-refractivity contribution is 0.0944. The van der Waals surface area contributed by atoms with Gasteiger partial charge in [-0.15, -0.1) is 0 Å². The second-order valence-electron chi connectivity index (χ2n) is 5.02. The van der Waals surface area contributed by atoms with Crippen molar-refractivity contribution in [2.45, 2.75) is 32.2 Å². The monoisotopic (exact) mass is 275 g/mol. The van der Waals surface area contributed by atoms with Gasteiger partial charge in [0.25, 0.3) is 5.91 Å². The summed E-state index contributed by atoms with van der Waals surface area (Å²) in [5.74, 6) is 4.74. The van der Waals surface area contributed by atoms with Gasteiger partial charge in [0.15, 0.2) is 0 Å². The van der Waals surface area contributed by atoms with Gasteiger partial charge in [0.2, 0.25) is 0 Å². The van der Waals surface area contributed by atoms with E-state index in [1.54, 1.807) is 0 Å². The number of carbonyl (C=O) groups is 1. The number of aliphatic hydroxyl groups is 1. The van der Waals surface area contributed by atoms with Gasteiger partial charge in [0.05, 0.1) is 5.56 Å². The van der Waals surface area contributed by atoms with Gasteiger partial charge in [0, 0.05) is 11.6 Å². The van der Waals surface area contributed by atoms with E-state index in [0.29, 0.717) is 11.5 Å². The summed E-state index contributed by atoms with van der Waals surface area (Å²) < 4.78 is 13.7. The second-order valence-corrected chi connectivity index (χ2v) is 5.02. The molecule has 1 aliphatic rings. The lowest BCUT2D eigenvalue weighted by atomic mass is 10.1. The first kappa shape index (κ1) is 14.5. The molecule has 0 aliphatic heterocycles. The average molecular weight is 275 g/mol. The van der Waals surface area contributed by atoms with Crippen LogP contribution >= 0.6 is 0 Å². The van der Waals surface area contributed by atoms with Gasteiger partial charge in [0.1, 0.15) is 12.4 Å². The van der Waals surface area contributed by atoms with E-state index in [0.717, 1.165) is 19.3 Å². The molecule has 0 spiro atoms. The number of hydrogen-bond acceptors (Lipinski definition) is 2. The van der Waals surface area contributed by atoms with Crippen molar-refractivity contribution in [3.8, 4) is 11.8 Å². The highest BCUT2D eigenvalue weighted by molar-refractivity contribution is 5.95. The second kappa shape index (κ2) is 6.53. The van der Waals surface area contributed by atoms with E-state index in [9.17, 15) is 9.18 Å². The van der Waals surface area contributed by atoms with Crippen LogP contribution in [0.25, 0.3) is 0 Å². The predicted octanol–water partition coefficient (Wildman–Crippen LogP) is 2.09. The number of benzene rings is 1. The van der Waals surface area contributed by atoms with Gasteiger partial charge in [-0.05, 0) is 37.0 Å². The Morgan fingerprint density at radius 3 is 3.05 bits per heavy atom. The number of hydrogen-bond donors (Lipinski definition) is 2. The molecule has 4 heteroatoms. The molecule has 1 aromatic rings. The lowest BCUT2D eigenvalue weighted by Crippen LogP contribution is -2.27. The molecule has 0 aromatic heterocycles. The minimum Gasteiger partial charge on any atom is -0.384 e. The Bertz CT molecular complexity index is 559. The summed E-state index contributed by atoms with van der Waals surface area (Å²) in [6.45, 7) is 1.85. The molecule has 2 atom stereocenters. The summed E-state index contributed by atoms with van der Waals surface area (Å²) >= 11 is 0. The Kier molecular flexibility index (Phi) is 4.75. The lowest BCUT2D eigenvalue weighted by Gasteiger charge is -2.06. The molecule has 0 bridgehead atoms. The van der Waals surface area contributed by atoms with Gasteiger partial charge < -0.3 is 10.4 Å². The highest BCUT2D eigenvalue weighted by Crippen LogP contribution is 2.34. The largest absolute Gasteiger partial charge is 0.384 e. The molecule has 1 fully saturated rings. The number of amides is 1. The van der Waals surface area contributed by atoms with E-state index in [4.69, 9.17) is 5.11 Å². The molecule has 106 valence electrons. The van der Waals surface area contributed by atoms with Crippen molar-refractivity contribution in [1.82, 2.24) is 5.32 Å². The molecule has 1 saturated carbocycles. The van der Waals surface area contributed by atoms with Gasteiger partial charge in [-0.25, -0.2) is 4.39 Å². The van der Waals surface area contributed by atoms with Crippen LogP contribution in [-0.2, 0) is 0 Å². The third-order valence-electron chi connectivity index (χ3n) is 3.42. The number of aliphatic hydroxyl groups excluding tert-OH is 1. The Morgan fingerprint density at radius 1 is 1.55 bits per heavy atom. The summed E-state index contributed by atoms with van der Waals surface area (Å²) in [5, 5.41) is 11.5. The SMILES string of the molecule is CCCC1CC1NC(=O)c1cc(C#CCO)ccc1F. The maximum absolute atomic E-state index is 13.7. The smallest absolute Gasteiger partial charge is 0.254 e. The van der Waals surface area contributed by atoms with Crippen LogP contribution in [0.5, 0.6) is 0 Å². The van der Waals surface area contributed by atoms with E-state index < -0.39 is 11.7 Å². The summed E-state index contributed by atoms with van der Waals surface area (Å²) in [6.07, 6.45) is 3.16. The van der Waals surface area contributed by atoms with Crippen molar-refractivity contribution in [2.24, 2.45) is 5.92 Å². The summed E-state index contributed by atoms with van der Waals surface area (Å²) in [5.41, 5.74) is 0.531. The third kappa shape index (κ3) is 3.58. The Balaban J connectivity index is 2.05. The first-order valence-electron chi connectivity index (χ1n) is 6.85. The quantitative estimate of drug-likeness (QED) is 0.827. The molecule has 20 heavy (non-hydrogen) atoms. The maximum atomic E-state index is 13.7. The molecular formula is C16H18FNO2. The van der Waals surface area contributed by atoms with Crippen LogP contribution in [0.1, 0.15) is 42.1 Å². The third-order valence-corrected chi connectivity index (χ3v) is 3.42. The normalized spacial score (nSPS) is 19.9. The Labute approximate surface area is 118 Å². The van der Waals surface area contributed by atoms with Crippen molar-refractivity contribution < 1.29 is 14.3 Å². The minimum absolute atomic E-state index is 0.0110. The van der Waals surface area contributed by atoms with E-state index in [2.05, 4.69) is 24.1 Å². The Morgan fingerprint density at radius 2 is 2.35 bits per heavy atom. The van der Waals surface area contributed by atoms with Crippen LogP contribution in [0.4, 0.5) is 4.39 Å². The minimum atomic E-state index is -0.551. The van der Waals surface area contributed by atoms with Crippen LogP contribution < -0.4 is 5.32 Å². The number of rotatable bonds is 4. The van der Waals surface area contributed by atoms with E-state index in [1.165, 1.54) is 18.2 Å². The standard InChI is InChI=1S/C16H18FNO2/c1-2-4-12-10-15(12)18-16(20)13-9-11(5-3-8-19)6-7-14(13)17/h6-7,9,12,15,19H,2,4,8,10H2,1H3,(H,18,20). The molecule has 2 unspecified atom stereocenters. The topological polar surface area (TPSA) is 49.3 Å². The van der Waals surface area contributed by atoms with Crippen molar-refractivity contribution in [1.29, 1.82) is 0 Å². The van der Waals surface area contributed by atoms with Crippen molar-refractivity contribution in [2.75, 3.05) is 6.61 Å². The Hall–Kier alpha value is -1.86. The molecule has 0 saturated heterocycles. The summed E-state index contributed by atoms with van der Waals surface area (Å²) in [4.78, 5) is 12.0. The van der Waals surface area contributed by atoms with Gasteiger partial charge in [-0.1, -0.05) is 25.2 Å². The zero-order valence-electron chi connectivity index (χ0n) is 11.4. The summed E-state index contributed by atoms with van der Waals surface area (Å²) in [6, 6.07) is 4.32. The van der Waals surface area contributed by atoms with Crippen LogP contribution in [0.15, 0.2) is 18.2 Å². The van der Waals surface area contributed by atoms with Gasteiger partial charge in [-0.2, -0.15) is 0 Å². The molecule has 2 N–H and O–H groups in total. The fraction of sp³-hybridized carbons (Fsp3) is 0.438. The highest BCUT2D eigenvalue weighted by Gasteiger charge is 2.37. The van der Waals surface area contributed by atoms with Crippen molar-refractivity contribution >= 4 is 5.91 Å². The molecule has 1 aliphatic carbocycles. The van der Waals surface area contributed by atoms with Gasteiger partial charge >= 0.3 is 0 Å². The summed E-state index contributed by atoms with van der Waals surface area (Å²) in [7, 11) is 0. The predicted molar refractivity (Wildman–Crippen MR) is 74.6 cm³/mol.